The molecule has 1 aliphatic heterocycles. The molecule has 6 heteroatoms. The maximum absolute atomic E-state index is 10.1. The van der Waals surface area contributed by atoms with Gasteiger partial charge in [0, 0.05) is 28.6 Å². The number of phenols is 1. The van der Waals surface area contributed by atoms with Gasteiger partial charge in [-0.3, -0.25) is 0 Å². The molecular weight excluding hydrogens is 300 g/mol. The summed E-state index contributed by atoms with van der Waals surface area (Å²) in [7, 11) is 0. The molecule has 0 saturated heterocycles. The highest BCUT2D eigenvalue weighted by molar-refractivity contribution is 6.15. The number of hydrogen-bond donors (Lipinski definition) is 1. The zero-order chi connectivity index (χ0) is 15.7. The first-order valence-electron chi connectivity index (χ1n) is 6.85. The van der Waals surface area contributed by atoms with Crippen molar-refractivity contribution in [3.8, 4) is 5.75 Å². The number of phenolic OH excluding ortho intramolecular Hbond substituents is 1. The number of benzene rings is 2. The summed E-state index contributed by atoms with van der Waals surface area (Å²) < 4.78 is 1.42. The quantitative estimate of drug-likeness (QED) is 0.642. The zero-order valence-electron chi connectivity index (χ0n) is 12.2. The summed E-state index contributed by atoms with van der Waals surface area (Å²) in [6.07, 6.45) is 1.24. The number of aliphatic imine (C=N–C) groups is 1. The van der Waals surface area contributed by atoms with Crippen molar-refractivity contribution in [2.75, 3.05) is 0 Å². The van der Waals surface area contributed by atoms with Gasteiger partial charge >= 0.3 is 0 Å². The van der Waals surface area contributed by atoms with Crippen LogP contribution in [0.3, 0.4) is 0 Å². The largest absolute Gasteiger partial charge is 0.506 e. The van der Waals surface area contributed by atoms with E-state index in [0.717, 1.165) is 22.2 Å². The molecule has 1 heterocycles. The lowest BCUT2D eigenvalue weighted by Gasteiger charge is -2.24. The Hall–Kier alpha value is -2.40. The van der Waals surface area contributed by atoms with E-state index in [0.29, 0.717) is 5.69 Å². The van der Waals surface area contributed by atoms with Gasteiger partial charge in [-0.15, -0.1) is 10.2 Å². The van der Waals surface area contributed by atoms with Gasteiger partial charge in [-0.2, -0.15) is 0 Å². The number of azo groups is 1. The maximum Gasteiger partial charge on any atom is 0.249 e. The Bertz CT molecular complexity index is 813. The first-order valence-corrected chi connectivity index (χ1v) is 7.19. The fraction of sp³-hybridized carbons (Fsp3) is 0.188. The highest BCUT2D eigenvalue weighted by atomic mass is 35.5. The summed E-state index contributed by atoms with van der Waals surface area (Å²) in [6.45, 7) is 3.76. The van der Waals surface area contributed by atoms with Crippen LogP contribution in [0.15, 0.2) is 63.4 Å². The molecule has 3 rings (SSSR count). The number of allylic oxidation sites excluding steroid dienone is 2. The first kappa shape index (κ1) is 14.5. The van der Waals surface area contributed by atoms with Crippen LogP contribution >= 0.6 is 11.8 Å². The molecule has 22 heavy (non-hydrogen) atoms. The van der Waals surface area contributed by atoms with Crippen LogP contribution in [0, 0.1) is 0 Å². The number of fused-ring (bicyclic) bond motifs is 1. The molecular formula is C16H15ClN4O. The lowest BCUT2D eigenvalue weighted by molar-refractivity contribution is 0.408. The second-order valence-corrected chi connectivity index (χ2v) is 5.45. The number of rotatable bonds is 2. The molecule has 0 aromatic heterocycles. The molecule has 1 N–H and O–H groups in total. The summed E-state index contributed by atoms with van der Waals surface area (Å²) in [5, 5.41) is 20.2. The Morgan fingerprint density at radius 1 is 1.18 bits per heavy atom. The van der Waals surface area contributed by atoms with Crippen LogP contribution < -0.4 is 0 Å². The standard InChI is InChI=1S/C16H15ClN4O/c1-10-9-11(2)21(17)16(18-10)20-19-15-13-6-4-3-5-12(13)7-8-14(15)22/h3-9,16,22H,1-2H3. The zero-order valence-corrected chi connectivity index (χ0v) is 13.0. The SMILES string of the molecule is CC1=CC(C)=NC(N=Nc2c(O)ccc3ccccc23)N1Cl. The molecule has 0 aliphatic carbocycles. The Kier molecular flexibility index (Phi) is 3.81. The number of halogens is 1. The monoisotopic (exact) mass is 314 g/mol. The Labute approximate surface area is 133 Å². The molecule has 0 amide bonds. The van der Waals surface area contributed by atoms with Crippen LogP contribution in [-0.4, -0.2) is 21.5 Å². The number of hydrogen-bond acceptors (Lipinski definition) is 5. The van der Waals surface area contributed by atoms with Crippen LogP contribution in [0.4, 0.5) is 5.69 Å². The second-order valence-electron chi connectivity index (χ2n) is 5.08. The first-order chi connectivity index (χ1) is 10.6. The summed E-state index contributed by atoms with van der Waals surface area (Å²) in [6, 6.07) is 11.1. The van der Waals surface area contributed by atoms with Gasteiger partial charge in [0.1, 0.15) is 11.4 Å². The van der Waals surface area contributed by atoms with Gasteiger partial charge < -0.3 is 5.11 Å². The van der Waals surface area contributed by atoms with E-state index in [2.05, 4.69) is 15.2 Å². The van der Waals surface area contributed by atoms with Crippen molar-refractivity contribution in [2.45, 2.75) is 20.1 Å². The third kappa shape index (κ3) is 2.67. The highest BCUT2D eigenvalue weighted by Gasteiger charge is 2.19. The summed E-state index contributed by atoms with van der Waals surface area (Å²) >= 11 is 6.16. The van der Waals surface area contributed by atoms with Crippen LogP contribution in [0.5, 0.6) is 5.75 Å². The third-order valence-corrected chi connectivity index (χ3v) is 3.86. The lowest BCUT2D eigenvalue weighted by Crippen LogP contribution is -2.26. The normalized spacial score (nSPS) is 18.7. The van der Waals surface area contributed by atoms with Crippen molar-refractivity contribution in [1.29, 1.82) is 0 Å². The molecule has 2 aromatic rings. The molecule has 1 unspecified atom stereocenters. The fourth-order valence-electron chi connectivity index (χ4n) is 2.35. The third-order valence-electron chi connectivity index (χ3n) is 3.42. The maximum atomic E-state index is 10.1. The topological polar surface area (TPSA) is 60.6 Å². The van der Waals surface area contributed by atoms with Crippen molar-refractivity contribution in [1.82, 2.24) is 4.42 Å². The van der Waals surface area contributed by atoms with E-state index >= 15 is 0 Å². The van der Waals surface area contributed by atoms with Crippen LogP contribution in [0.1, 0.15) is 13.8 Å². The van der Waals surface area contributed by atoms with E-state index in [1.165, 1.54) is 4.42 Å². The van der Waals surface area contributed by atoms with E-state index in [1.807, 2.05) is 50.3 Å². The predicted molar refractivity (Wildman–Crippen MR) is 88.5 cm³/mol. The fourth-order valence-corrected chi connectivity index (χ4v) is 2.48. The molecule has 0 radical (unpaired) electrons. The highest BCUT2D eigenvalue weighted by Crippen LogP contribution is 2.35. The van der Waals surface area contributed by atoms with Crippen molar-refractivity contribution in [3.63, 3.8) is 0 Å². The van der Waals surface area contributed by atoms with Crippen molar-refractivity contribution in [2.24, 2.45) is 15.2 Å². The van der Waals surface area contributed by atoms with Gasteiger partial charge in [-0.25, -0.2) is 9.41 Å². The molecule has 1 atom stereocenters. The smallest absolute Gasteiger partial charge is 0.249 e. The van der Waals surface area contributed by atoms with E-state index in [4.69, 9.17) is 11.8 Å². The van der Waals surface area contributed by atoms with Gasteiger partial charge in [0.25, 0.3) is 0 Å². The summed E-state index contributed by atoms with van der Waals surface area (Å²) in [5.74, 6) is 0.0762. The Morgan fingerprint density at radius 2 is 1.95 bits per heavy atom. The van der Waals surface area contributed by atoms with Crippen LogP contribution in [-0.2, 0) is 0 Å². The van der Waals surface area contributed by atoms with Gasteiger partial charge in [0.05, 0.1) is 0 Å². The van der Waals surface area contributed by atoms with E-state index in [1.54, 1.807) is 6.07 Å². The molecule has 1 aliphatic rings. The molecule has 0 fully saturated rings. The van der Waals surface area contributed by atoms with E-state index < -0.39 is 6.29 Å². The molecule has 0 saturated carbocycles. The van der Waals surface area contributed by atoms with Crippen LogP contribution in [0.25, 0.3) is 10.8 Å². The molecule has 0 bridgehead atoms. The van der Waals surface area contributed by atoms with E-state index in [-0.39, 0.29) is 5.75 Å². The number of aromatic hydroxyl groups is 1. The van der Waals surface area contributed by atoms with Crippen LogP contribution in [0.2, 0.25) is 0 Å². The number of nitrogens with zero attached hydrogens (tertiary/aromatic N) is 4. The average Bonchev–Trinajstić information content (AvgIpc) is 2.50. The Morgan fingerprint density at radius 3 is 2.77 bits per heavy atom. The van der Waals surface area contributed by atoms with Crippen molar-refractivity contribution >= 4 is 33.9 Å². The van der Waals surface area contributed by atoms with Gasteiger partial charge in [0.15, 0.2) is 0 Å². The second kappa shape index (κ2) is 5.77. The van der Waals surface area contributed by atoms with Gasteiger partial charge in [-0.1, -0.05) is 30.3 Å². The average molecular weight is 315 g/mol. The van der Waals surface area contributed by atoms with Crippen molar-refractivity contribution in [3.05, 3.63) is 48.2 Å². The molecule has 0 spiro atoms. The minimum atomic E-state index is -0.634. The summed E-state index contributed by atoms with van der Waals surface area (Å²) in [5.41, 5.74) is 2.10. The van der Waals surface area contributed by atoms with Crippen molar-refractivity contribution < 1.29 is 5.11 Å². The minimum Gasteiger partial charge on any atom is -0.506 e. The molecule has 5 nitrogen and oxygen atoms in total. The lowest BCUT2D eigenvalue weighted by atomic mass is 10.1. The van der Waals surface area contributed by atoms with E-state index in [9.17, 15) is 5.11 Å². The molecule has 112 valence electrons. The van der Waals surface area contributed by atoms with Gasteiger partial charge in [-0.05, 0) is 31.4 Å². The van der Waals surface area contributed by atoms with Gasteiger partial charge in [0.2, 0.25) is 6.29 Å². The minimum absolute atomic E-state index is 0.0762. The molecule has 2 aromatic carbocycles. The summed E-state index contributed by atoms with van der Waals surface area (Å²) in [4.78, 5) is 4.33. The Balaban J connectivity index is 2.00. The predicted octanol–water partition coefficient (Wildman–Crippen LogP) is 4.75.